The number of para-hydroxylation sites is 1. The van der Waals surface area contributed by atoms with Crippen molar-refractivity contribution in [3.05, 3.63) is 57.8 Å². The first-order chi connectivity index (χ1) is 10.2. The molecule has 7 nitrogen and oxygen atoms in total. The molecule has 0 unspecified atom stereocenters. The Labute approximate surface area is 121 Å². The molecular formula is C14H12N4O3. The number of benzene rings is 1. The molecule has 1 N–H and O–H groups in total. The second kappa shape index (κ2) is 6.34. The number of nitriles is 1. The highest BCUT2D eigenvalue weighted by Gasteiger charge is 2.19. The molecule has 0 aliphatic rings. The molecule has 2 aromatic rings. The van der Waals surface area contributed by atoms with E-state index in [9.17, 15) is 10.1 Å². The summed E-state index contributed by atoms with van der Waals surface area (Å²) in [6.45, 7) is 0.354. The molecule has 0 aliphatic heterocycles. The Kier molecular flexibility index (Phi) is 4.31. The maximum absolute atomic E-state index is 11.1. The van der Waals surface area contributed by atoms with Crippen molar-refractivity contribution < 1.29 is 9.66 Å². The van der Waals surface area contributed by atoms with E-state index in [0.29, 0.717) is 18.1 Å². The van der Waals surface area contributed by atoms with Crippen LogP contribution in [0.2, 0.25) is 0 Å². The summed E-state index contributed by atoms with van der Waals surface area (Å²) in [5, 5.41) is 23.0. The van der Waals surface area contributed by atoms with Gasteiger partial charge in [-0.25, -0.2) is 4.98 Å². The van der Waals surface area contributed by atoms with Gasteiger partial charge in [0.05, 0.1) is 12.0 Å². The van der Waals surface area contributed by atoms with Crippen molar-refractivity contribution >= 4 is 11.4 Å². The lowest BCUT2D eigenvalue weighted by Gasteiger charge is -2.08. The number of pyridine rings is 1. The van der Waals surface area contributed by atoms with Crippen molar-refractivity contribution in [2.45, 2.75) is 6.54 Å². The normalized spacial score (nSPS) is 9.71. The van der Waals surface area contributed by atoms with Crippen LogP contribution in [0.1, 0.15) is 11.1 Å². The van der Waals surface area contributed by atoms with Crippen LogP contribution in [0.25, 0.3) is 0 Å². The quantitative estimate of drug-likeness (QED) is 0.668. The van der Waals surface area contributed by atoms with E-state index in [4.69, 9.17) is 10.00 Å². The highest BCUT2D eigenvalue weighted by Crippen LogP contribution is 2.28. The second-order valence-corrected chi connectivity index (χ2v) is 4.13. The zero-order chi connectivity index (χ0) is 15.2. The summed E-state index contributed by atoms with van der Waals surface area (Å²) in [6, 6.07) is 9.91. The highest BCUT2D eigenvalue weighted by atomic mass is 16.6. The van der Waals surface area contributed by atoms with Gasteiger partial charge in [-0.1, -0.05) is 12.1 Å². The molecule has 0 radical (unpaired) electrons. The third kappa shape index (κ3) is 3.25. The number of rotatable bonds is 5. The van der Waals surface area contributed by atoms with Crippen LogP contribution in [-0.2, 0) is 6.54 Å². The van der Waals surface area contributed by atoms with Crippen LogP contribution in [0.4, 0.5) is 11.4 Å². The molecule has 0 atom stereocenters. The van der Waals surface area contributed by atoms with Crippen LogP contribution < -0.4 is 10.1 Å². The predicted molar refractivity (Wildman–Crippen MR) is 75.9 cm³/mol. The number of nitrogens with zero attached hydrogens (tertiary/aromatic N) is 3. The first kappa shape index (κ1) is 14.3. The Hall–Kier alpha value is -3.14. The molecule has 0 aliphatic carbocycles. The van der Waals surface area contributed by atoms with Gasteiger partial charge in [0.2, 0.25) is 5.88 Å². The fourth-order valence-electron chi connectivity index (χ4n) is 1.81. The lowest BCUT2D eigenvalue weighted by atomic mass is 10.1. The van der Waals surface area contributed by atoms with Gasteiger partial charge in [0.25, 0.3) is 0 Å². The van der Waals surface area contributed by atoms with Gasteiger partial charge in [-0.2, -0.15) is 5.26 Å². The van der Waals surface area contributed by atoms with Crippen molar-refractivity contribution in [2.24, 2.45) is 0 Å². The number of anilines is 1. The molecule has 0 fully saturated rings. The monoisotopic (exact) mass is 284 g/mol. The van der Waals surface area contributed by atoms with E-state index in [1.54, 1.807) is 30.5 Å². The average molecular weight is 284 g/mol. The second-order valence-electron chi connectivity index (χ2n) is 4.13. The van der Waals surface area contributed by atoms with Crippen molar-refractivity contribution in [3.8, 4) is 11.9 Å². The Morgan fingerprint density at radius 1 is 1.43 bits per heavy atom. The van der Waals surface area contributed by atoms with Crippen LogP contribution in [-0.4, -0.2) is 17.0 Å². The Bertz CT molecular complexity index is 692. The first-order valence-corrected chi connectivity index (χ1v) is 6.06. The van der Waals surface area contributed by atoms with E-state index >= 15 is 0 Å². The highest BCUT2D eigenvalue weighted by molar-refractivity contribution is 5.68. The summed E-state index contributed by atoms with van der Waals surface area (Å²) in [5.41, 5.74) is 0.946. The minimum Gasteiger partial charge on any atom is -0.481 e. The van der Waals surface area contributed by atoms with Gasteiger partial charge in [0.15, 0.2) is 0 Å². The summed E-state index contributed by atoms with van der Waals surface area (Å²) in [7, 11) is 1.52. The number of ether oxygens (including phenoxy) is 1. The van der Waals surface area contributed by atoms with Crippen LogP contribution >= 0.6 is 0 Å². The number of hydrogen-bond acceptors (Lipinski definition) is 6. The fourth-order valence-corrected chi connectivity index (χ4v) is 1.81. The van der Waals surface area contributed by atoms with E-state index in [0.717, 1.165) is 5.56 Å². The van der Waals surface area contributed by atoms with Gasteiger partial charge in [-0.05, 0) is 17.7 Å². The molecular weight excluding hydrogens is 272 g/mol. The van der Waals surface area contributed by atoms with Gasteiger partial charge < -0.3 is 10.1 Å². The van der Waals surface area contributed by atoms with E-state index < -0.39 is 4.92 Å². The zero-order valence-electron chi connectivity index (χ0n) is 11.2. The molecule has 21 heavy (non-hydrogen) atoms. The fraction of sp³-hybridized carbons (Fsp3) is 0.143. The van der Waals surface area contributed by atoms with Gasteiger partial charge in [0.1, 0.15) is 17.3 Å². The number of nitro benzene ring substituents is 1. The molecule has 0 saturated carbocycles. The van der Waals surface area contributed by atoms with Crippen LogP contribution in [0.15, 0.2) is 36.5 Å². The number of aromatic nitrogens is 1. The summed E-state index contributed by atoms with van der Waals surface area (Å²) in [6.07, 6.45) is 1.62. The molecule has 7 heteroatoms. The van der Waals surface area contributed by atoms with Gasteiger partial charge in [-0.15, -0.1) is 0 Å². The van der Waals surface area contributed by atoms with E-state index in [1.165, 1.54) is 13.2 Å². The molecule has 106 valence electrons. The molecule has 0 bridgehead atoms. The summed E-state index contributed by atoms with van der Waals surface area (Å²) in [5.74, 6) is 0.496. The minimum atomic E-state index is -0.562. The van der Waals surface area contributed by atoms with Crippen molar-refractivity contribution in [1.29, 1.82) is 5.26 Å². The third-order valence-corrected chi connectivity index (χ3v) is 2.83. The molecule has 0 spiro atoms. The van der Waals surface area contributed by atoms with Gasteiger partial charge >= 0.3 is 5.69 Å². The number of nitrogens with one attached hydrogen (secondary N) is 1. The first-order valence-electron chi connectivity index (χ1n) is 6.06. The van der Waals surface area contributed by atoms with E-state index in [1.807, 2.05) is 6.07 Å². The van der Waals surface area contributed by atoms with Crippen molar-refractivity contribution in [3.63, 3.8) is 0 Å². The predicted octanol–water partition coefficient (Wildman–Crippen LogP) is 2.48. The van der Waals surface area contributed by atoms with E-state index in [-0.39, 0.29) is 11.3 Å². The smallest absolute Gasteiger partial charge is 0.309 e. The van der Waals surface area contributed by atoms with Crippen molar-refractivity contribution in [2.75, 3.05) is 12.4 Å². The van der Waals surface area contributed by atoms with E-state index in [2.05, 4.69) is 10.3 Å². The molecule has 2 rings (SSSR count). The van der Waals surface area contributed by atoms with Crippen LogP contribution in [0, 0.1) is 21.4 Å². The van der Waals surface area contributed by atoms with Gasteiger partial charge in [-0.3, -0.25) is 10.1 Å². The topological polar surface area (TPSA) is 101 Å². The number of hydrogen-bond donors (Lipinski definition) is 1. The van der Waals surface area contributed by atoms with Crippen LogP contribution in [0.3, 0.4) is 0 Å². The maximum atomic E-state index is 11.1. The number of nitro groups is 1. The standard InChI is InChI=1S/C14H12N4O3/c1-21-13-6-5-10(9-17-13)8-16-12-4-2-3-11(7-15)14(12)18(19)20/h2-6,9,16H,8H2,1H3. The Balaban J connectivity index is 2.20. The van der Waals surface area contributed by atoms with Crippen LogP contribution in [0.5, 0.6) is 5.88 Å². The summed E-state index contributed by atoms with van der Waals surface area (Å²) < 4.78 is 4.96. The third-order valence-electron chi connectivity index (χ3n) is 2.83. The molecule has 0 amide bonds. The van der Waals surface area contributed by atoms with Crippen molar-refractivity contribution in [1.82, 2.24) is 4.98 Å². The molecule has 0 saturated heterocycles. The maximum Gasteiger partial charge on any atom is 0.309 e. The number of methoxy groups -OCH3 is 1. The lowest BCUT2D eigenvalue weighted by molar-refractivity contribution is -0.384. The lowest BCUT2D eigenvalue weighted by Crippen LogP contribution is -2.04. The summed E-state index contributed by atoms with van der Waals surface area (Å²) in [4.78, 5) is 14.6. The Morgan fingerprint density at radius 2 is 2.24 bits per heavy atom. The zero-order valence-corrected chi connectivity index (χ0v) is 11.2. The van der Waals surface area contributed by atoms with Gasteiger partial charge in [0, 0.05) is 18.8 Å². The average Bonchev–Trinajstić information content (AvgIpc) is 2.52. The molecule has 1 aromatic carbocycles. The Morgan fingerprint density at radius 3 is 2.81 bits per heavy atom. The molecule has 1 heterocycles. The minimum absolute atomic E-state index is 0.0258. The molecule has 1 aromatic heterocycles. The SMILES string of the molecule is COc1ccc(CNc2cccc(C#N)c2[N+](=O)[O-])cn1. The largest absolute Gasteiger partial charge is 0.481 e. The summed E-state index contributed by atoms with van der Waals surface area (Å²) >= 11 is 0.